The molecule has 2 bridgehead atoms. The van der Waals surface area contributed by atoms with Crippen molar-refractivity contribution in [1.29, 1.82) is 0 Å². The largest absolute Gasteiger partial charge is 0.490 e. The number of ketones is 1. The van der Waals surface area contributed by atoms with Crippen molar-refractivity contribution >= 4 is 11.8 Å². The number of ether oxygens (including phenoxy) is 1. The summed E-state index contributed by atoms with van der Waals surface area (Å²) >= 11 is 0. The highest BCUT2D eigenvalue weighted by molar-refractivity contribution is 5.98. The first-order chi connectivity index (χ1) is 13.1. The standard InChI is InChI=1S/C23H30O4/c24-22(19-13-15-1-2-16(14-19)4-3-15)17-5-9-20(10-6-17)27-21-11-7-18(8-12-21)23(25)26/h5-6,9-10,15-16,18-19,21H,1-4,7-8,11-14H2,(H,25,26). The van der Waals surface area contributed by atoms with E-state index >= 15 is 0 Å². The summed E-state index contributed by atoms with van der Waals surface area (Å²) in [5.74, 6) is 1.88. The third-order valence-electron chi connectivity index (χ3n) is 7.04. The van der Waals surface area contributed by atoms with E-state index in [2.05, 4.69) is 0 Å². The number of hydrogen-bond acceptors (Lipinski definition) is 3. The van der Waals surface area contributed by atoms with Crippen LogP contribution in [0.2, 0.25) is 0 Å². The van der Waals surface area contributed by atoms with Crippen LogP contribution in [-0.4, -0.2) is 23.0 Å². The summed E-state index contributed by atoms with van der Waals surface area (Å²) in [6, 6.07) is 7.63. The molecule has 0 atom stereocenters. The fourth-order valence-corrected chi connectivity index (χ4v) is 5.37. The molecule has 4 nitrogen and oxygen atoms in total. The maximum atomic E-state index is 13.0. The van der Waals surface area contributed by atoms with E-state index in [9.17, 15) is 9.59 Å². The summed E-state index contributed by atoms with van der Waals surface area (Å²) in [5, 5.41) is 9.09. The van der Waals surface area contributed by atoms with Crippen LogP contribution >= 0.6 is 0 Å². The van der Waals surface area contributed by atoms with E-state index in [1.54, 1.807) is 0 Å². The molecule has 1 N–H and O–H groups in total. The zero-order valence-corrected chi connectivity index (χ0v) is 15.9. The first-order valence-electron chi connectivity index (χ1n) is 10.6. The molecule has 4 aliphatic rings. The SMILES string of the molecule is O=C(O)C1CCC(Oc2ccc(C(=O)C3CC4CCC(CC4)C3)cc2)CC1. The van der Waals surface area contributed by atoms with Gasteiger partial charge in [-0.2, -0.15) is 0 Å². The molecule has 4 fully saturated rings. The van der Waals surface area contributed by atoms with Gasteiger partial charge in [-0.05, 0) is 74.6 Å². The van der Waals surface area contributed by atoms with Crippen LogP contribution in [-0.2, 0) is 4.79 Å². The van der Waals surface area contributed by atoms with Crippen LogP contribution in [0.15, 0.2) is 24.3 Å². The number of carbonyl (C=O) groups excluding carboxylic acids is 1. The van der Waals surface area contributed by atoms with Gasteiger partial charge in [-0.25, -0.2) is 0 Å². The number of benzene rings is 1. The Morgan fingerprint density at radius 2 is 1.33 bits per heavy atom. The van der Waals surface area contributed by atoms with Gasteiger partial charge in [0.15, 0.2) is 5.78 Å². The molecule has 0 amide bonds. The lowest BCUT2D eigenvalue weighted by molar-refractivity contribution is -0.143. The quantitative estimate of drug-likeness (QED) is 0.732. The van der Waals surface area contributed by atoms with Crippen LogP contribution in [0, 0.1) is 23.7 Å². The molecule has 146 valence electrons. The lowest BCUT2D eigenvalue weighted by atomic mass is 9.84. The predicted octanol–water partition coefficient (Wildman–Crippen LogP) is 5.11. The van der Waals surface area contributed by atoms with Crippen LogP contribution < -0.4 is 4.74 Å². The van der Waals surface area contributed by atoms with Gasteiger partial charge in [0.05, 0.1) is 12.0 Å². The molecule has 0 unspecified atom stereocenters. The lowest BCUT2D eigenvalue weighted by Crippen LogP contribution is -2.27. The van der Waals surface area contributed by atoms with E-state index in [1.807, 2.05) is 24.3 Å². The Labute approximate surface area is 161 Å². The number of rotatable bonds is 5. The minimum absolute atomic E-state index is 0.0830. The van der Waals surface area contributed by atoms with Gasteiger partial charge in [0.2, 0.25) is 0 Å². The number of Topliss-reactive ketones (excluding diaryl/α,β-unsaturated/α-hetero) is 1. The highest BCUT2D eigenvalue weighted by Gasteiger charge is 2.34. The third kappa shape index (κ3) is 4.36. The minimum atomic E-state index is -0.691. The Morgan fingerprint density at radius 1 is 0.778 bits per heavy atom. The Kier molecular flexibility index (Phi) is 5.51. The second kappa shape index (κ2) is 8.04. The smallest absolute Gasteiger partial charge is 0.306 e. The van der Waals surface area contributed by atoms with E-state index in [4.69, 9.17) is 9.84 Å². The summed E-state index contributed by atoms with van der Waals surface area (Å²) in [6.07, 6.45) is 10.4. The predicted molar refractivity (Wildman–Crippen MR) is 103 cm³/mol. The Bertz CT molecular complexity index is 650. The van der Waals surface area contributed by atoms with Crippen LogP contribution in [0.3, 0.4) is 0 Å². The molecule has 0 spiro atoms. The number of carbonyl (C=O) groups is 2. The monoisotopic (exact) mass is 370 g/mol. The topological polar surface area (TPSA) is 63.6 Å². The highest BCUT2D eigenvalue weighted by Crippen LogP contribution is 2.42. The van der Waals surface area contributed by atoms with Gasteiger partial charge in [0.25, 0.3) is 0 Å². The van der Waals surface area contributed by atoms with Crippen molar-refractivity contribution in [2.24, 2.45) is 23.7 Å². The molecule has 0 heterocycles. The first-order valence-corrected chi connectivity index (χ1v) is 10.6. The van der Waals surface area contributed by atoms with Gasteiger partial charge in [0, 0.05) is 11.5 Å². The molecule has 0 aliphatic heterocycles. The second-order valence-corrected chi connectivity index (χ2v) is 8.87. The van der Waals surface area contributed by atoms with E-state index in [0.29, 0.717) is 18.6 Å². The number of carboxylic acids is 1. The van der Waals surface area contributed by atoms with Crippen molar-refractivity contribution in [3.63, 3.8) is 0 Å². The summed E-state index contributed by atoms with van der Waals surface area (Å²) in [5.41, 5.74) is 0.809. The maximum Gasteiger partial charge on any atom is 0.306 e. The van der Waals surface area contributed by atoms with Crippen molar-refractivity contribution in [3.05, 3.63) is 29.8 Å². The summed E-state index contributed by atoms with van der Waals surface area (Å²) in [7, 11) is 0. The number of carboxylic acid groups (broad SMARTS) is 1. The first kappa shape index (κ1) is 18.5. The zero-order chi connectivity index (χ0) is 18.8. The summed E-state index contributed by atoms with van der Waals surface area (Å²) in [4.78, 5) is 24.0. The van der Waals surface area contributed by atoms with Gasteiger partial charge in [-0.1, -0.05) is 25.7 Å². The van der Waals surface area contributed by atoms with E-state index in [1.165, 1.54) is 25.7 Å². The molecular weight excluding hydrogens is 340 g/mol. The van der Waals surface area contributed by atoms with Crippen LogP contribution in [0.1, 0.15) is 74.6 Å². The highest BCUT2D eigenvalue weighted by atomic mass is 16.5. The molecule has 4 aliphatic carbocycles. The van der Waals surface area contributed by atoms with Crippen molar-refractivity contribution in [2.45, 2.75) is 70.3 Å². The summed E-state index contributed by atoms with van der Waals surface area (Å²) < 4.78 is 6.02. The molecule has 0 aromatic heterocycles. The average molecular weight is 370 g/mol. The number of hydrogen-bond donors (Lipinski definition) is 1. The minimum Gasteiger partial charge on any atom is -0.490 e. The zero-order valence-electron chi connectivity index (χ0n) is 15.9. The van der Waals surface area contributed by atoms with Gasteiger partial charge in [-0.3, -0.25) is 9.59 Å². The third-order valence-corrected chi connectivity index (χ3v) is 7.04. The Balaban J connectivity index is 1.33. The molecule has 1 aromatic carbocycles. The summed E-state index contributed by atoms with van der Waals surface area (Å²) in [6.45, 7) is 0. The Morgan fingerprint density at radius 3 is 1.85 bits per heavy atom. The van der Waals surface area contributed by atoms with Crippen LogP contribution in [0.5, 0.6) is 5.75 Å². The molecule has 4 saturated carbocycles. The second-order valence-electron chi connectivity index (χ2n) is 8.87. The van der Waals surface area contributed by atoms with E-state index in [-0.39, 0.29) is 17.9 Å². The van der Waals surface area contributed by atoms with Crippen molar-refractivity contribution in [3.8, 4) is 5.75 Å². The number of fused-ring (bicyclic) bond motifs is 4. The molecule has 27 heavy (non-hydrogen) atoms. The fraction of sp³-hybridized carbons (Fsp3) is 0.652. The number of aliphatic carboxylic acids is 1. The Hall–Kier alpha value is -1.84. The normalized spacial score (nSPS) is 33.3. The molecule has 0 radical (unpaired) electrons. The van der Waals surface area contributed by atoms with Crippen LogP contribution in [0.4, 0.5) is 0 Å². The van der Waals surface area contributed by atoms with E-state index in [0.717, 1.165) is 48.8 Å². The van der Waals surface area contributed by atoms with Crippen molar-refractivity contribution in [1.82, 2.24) is 0 Å². The molecule has 0 saturated heterocycles. The van der Waals surface area contributed by atoms with Crippen molar-refractivity contribution in [2.75, 3.05) is 0 Å². The molecular formula is C23H30O4. The van der Waals surface area contributed by atoms with Gasteiger partial charge in [0.1, 0.15) is 5.75 Å². The fourth-order valence-electron chi connectivity index (χ4n) is 5.37. The lowest BCUT2D eigenvalue weighted by Gasteiger charge is -2.26. The van der Waals surface area contributed by atoms with Crippen molar-refractivity contribution < 1.29 is 19.4 Å². The average Bonchev–Trinajstić information content (AvgIpc) is 3.02. The molecule has 5 rings (SSSR count). The van der Waals surface area contributed by atoms with Gasteiger partial charge in [-0.15, -0.1) is 0 Å². The van der Waals surface area contributed by atoms with Gasteiger partial charge >= 0.3 is 5.97 Å². The van der Waals surface area contributed by atoms with E-state index < -0.39 is 5.97 Å². The molecule has 1 aromatic rings. The van der Waals surface area contributed by atoms with Gasteiger partial charge < -0.3 is 9.84 Å². The molecule has 4 heteroatoms. The van der Waals surface area contributed by atoms with Crippen LogP contribution in [0.25, 0.3) is 0 Å². The maximum absolute atomic E-state index is 13.0.